The monoisotopic (exact) mass is 497 g/mol. The Bertz CT molecular complexity index is 1220. The average Bonchev–Trinajstić information content (AvgIpc) is 2.79. The van der Waals surface area contributed by atoms with Crippen LogP contribution in [0.15, 0.2) is 65.6 Å². The zero-order chi connectivity index (χ0) is 24.0. The van der Waals surface area contributed by atoms with Crippen molar-refractivity contribution < 1.29 is 88.4 Å². The molecule has 3 aromatic rings. The van der Waals surface area contributed by atoms with Gasteiger partial charge in [-0.1, -0.05) is 30.0 Å². The Morgan fingerprint density at radius 2 is 1.69 bits per heavy atom. The first-order valence-corrected chi connectivity index (χ1v) is 9.82. The van der Waals surface area contributed by atoms with E-state index in [0.717, 1.165) is 10.6 Å². The molecule has 12 heteroatoms. The van der Waals surface area contributed by atoms with Crippen molar-refractivity contribution in [3.8, 4) is 23.0 Å². The van der Waals surface area contributed by atoms with Crippen molar-refractivity contribution in [3.05, 3.63) is 76.7 Å². The van der Waals surface area contributed by atoms with Crippen LogP contribution in [0.3, 0.4) is 0 Å². The Balaban J connectivity index is 0.00000306. The molecule has 10 nitrogen and oxygen atoms in total. The molecule has 0 fully saturated rings. The number of nitrogens with one attached hydrogen (secondary N) is 2. The molecule has 0 spiro atoms. The van der Waals surface area contributed by atoms with Gasteiger partial charge in [0.15, 0.2) is 0 Å². The molecule has 0 saturated carbocycles. The minimum absolute atomic E-state index is 0. The number of ether oxygens (including phenoxy) is 2. The van der Waals surface area contributed by atoms with Crippen LogP contribution in [-0.2, 0) is 11.8 Å². The van der Waals surface area contributed by atoms with Gasteiger partial charge >= 0.3 is 65.1 Å². The summed E-state index contributed by atoms with van der Waals surface area (Å²) in [5, 5.41) is 27.8. The van der Waals surface area contributed by atoms with E-state index in [1.807, 2.05) is 0 Å². The summed E-state index contributed by atoms with van der Waals surface area (Å²) in [7, 11) is 2.97. The van der Waals surface area contributed by atoms with Crippen molar-refractivity contribution in [2.45, 2.75) is 12.5 Å². The van der Waals surface area contributed by atoms with Crippen LogP contribution in [0.1, 0.15) is 18.0 Å². The summed E-state index contributed by atoms with van der Waals surface area (Å²) in [6.45, 7) is 0. The van der Waals surface area contributed by atoms with Crippen molar-refractivity contribution in [1.29, 1.82) is 0 Å². The molecule has 0 unspecified atom stereocenters. The molecular weight excluding hydrogens is 476 g/mol. The number of urea groups is 1. The van der Waals surface area contributed by atoms with Crippen LogP contribution < -0.4 is 95.0 Å². The summed E-state index contributed by atoms with van der Waals surface area (Å²) in [4.78, 5) is 35.7. The van der Waals surface area contributed by atoms with E-state index >= 15 is 0 Å². The normalized spacial score (nSPS) is 10.7. The fraction of sp³-hybridized carbons (Fsp3) is 0.174. The average molecular weight is 497 g/mol. The van der Waals surface area contributed by atoms with E-state index in [2.05, 4.69) is 10.6 Å². The van der Waals surface area contributed by atoms with Crippen molar-refractivity contribution in [2.75, 3.05) is 12.4 Å². The number of anilines is 1. The topological polar surface area (TPSA) is 145 Å². The molecule has 1 atom stereocenters. The van der Waals surface area contributed by atoms with E-state index in [4.69, 9.17) is 9.47 Å². The van der Waals surface area contributed by atoms with E-state index < -0.39 is 41.5 Å². The van der Waals surface area contributed by atoms with Crippen LogP contribution in [0.25, 0.3) is 0 Å². The smallest absolute Gasteiger partial charge is 0.871 e. The molecule has 35 heavy (non-hydrogen) atoms. The maximum atomic E-state index is 12.4. The second-order valence-electron chi connectivity index (χ2n) is 7.05. The second kappa shape index (κ2) is 14.2. The van der Waals surface area contributed by atoms with Gasteiger partial charge in [-0.15, -0.1) is 0 Å². The second-order valence-corrected chi connectivity index (χ2v) is 7.05. The van der Waals surface area contributed by atoms with Gasteiger partial charge in [-0.25, -0.2) is 4.79 Å². The van der Waals surface area contributed by atoms with Crippen LogP contribution in [0.2, 0.25) is 0 Å². The summed E-state index contributed by atoms with van der Waals surface area (Å²) in [5.41, 5.74) is -0.671. The fourth-order valence-corrected chi connectivity index (χ4v) is 3.02. The Hall–Kier alpha value is -2.47. The number of aryl methyl sites for hydroxylation is 1. The Morgan fingerprint density at radius 1 is 1.03 bits per heavy atom. The van der Waals surface area contributed by atoms with Gasteiger partial charge < -0.3 is 39.7 Å². The van der Waals surface area contributed by atoms with Gasteiger partial charge in [0, 0.05) is 31.7 Å². The number of nitrogens with zero attached hydrogens (tertiary/aromatic N) is 1. The third-order valence-electron chi connectivity index (χ3n) is 4.70. The molecule has 1 aromatic heterocycles. The number of methoxy groups -OCH3 is 1. The molecule has 0 radical (unpaired) electrons. The molecule has 172 valence electrons. The number of aliphatic carboxylic acids is 1. The molecule has 0 aliphatic carbocycles. The standard InChI is InChI=1S/C23H23N3O7.2Na/c1-26-11-10-19(27)21(22(26)30)25-23(31)24-18(13-20(28)29)14-6-8-15(9-7-14)33-17-5-3-4-16(12-17)32-2;;/h3-12,18,27H,13H2,1-2H3,(H,28,29)(H2,24,25,31);;/q;2*+1/p-2/t18-;;/m0../s1. The van der Waals surface area contributed by atoms with Crippen molar-refractivity contribution in [3.63, 3.8) is 0 Å². The first-order valence-electron chi connectivity index (χ1n) is 9.82. The minimum Gasteiger partial charge on any atom is -0.871 e. The number of rotatable bonds is 8. The third kappa shape index (κ3) is 8.60. The van der Waals surface area contributed by atoms with Crippen LogP contribution in [0.4, 0.5) is 10.5 Å². The Kier molecular flexibility index (Phi) is 12.4. The molecule has 0 aliphatic rings. The van der Waals surface area contributed by atoms with Gasteiger partial charge in [-0.2, -0.15) is 0 Å². The quantitative estimate of drug-likeness (QED) is 0.298. The Labute approximate surface area is 245 Å². The number of carboxylic acids is 1. The molecular formula is C23H21N3Na2O7. The molecule has 0 saturated heterocycles. The van der Waals surface area contributed by atoms with Gasteiger partial charge in [0.2, 0.25) is 0 Å². The maximum absolute atomic E-state index is 12.4. The number of amides is 2. The zero-order valence-corrected chi connectivity index (χ0v) is 23.9. The molecule has 2 aromatic carbocycles. The van der Waals surface area contributed by atoms with Gasteiger partial charge in [0.25, 0.3) is 5.56 Å². The number of hydrogen-bond donors (Lipinski definition) is 2. The minimum atomic E-state index is -1.39. The summed E-state index contributed by atoms with van der Waals surface area (Å²) in [6.07, 6.45) is 0.752. The Morgan fingerprint density at radius 3 is 2.31 bits per heavy atom. The molecule has 0 bridgehead atoms. The molecule has 0 aliphatic heterocycles. The number of aromatic nitrogens is 1. The maximum Gasteiger partial charge on any atom is 1.00 e. The third-order valence-corrected chi connectivity index (χ3v) is 4.70. The first-order chi connectivity index (χ1) is 15.8. The summed E-state index contributed by atoms with van der Waals surface area (Å²) in [6, 6.07) is 12.6. The number of carboxylic acid groups (broad SMARTS) is 1. The largest absolute Gasteiger partial charge is 1.00 e. The van der Waals surface area contributed by atoms with Crippen molar-refractivity contribution in [2.24, 2.45) is 7.05 Å². The predicted octanol–water partition coefficient (Wildman–Crippen LogP) is -4.73. The number of carbonyl (C=O) groups excluding carboxylic acids is 2. The molecule has 3 rings (SSSR count). The molecule has 2 amide bonds. The van der Waals surface area contributed by atoms with Crippen LogP contribution in [0.5, 0.6) is 23.0 Å². The van der Waals surface area contributed by atoms with E-state index in [1.165, 1.54) is 13.2 Å². The van der Waals surface area contributed by atoms with Crippen LogP contribution >= 0.6 is 0 Å². The zero-order valence-electron chi connectivity index (χ0n) is 19.9. The molecule has 2 N–H and O–H groups in total. The summed E-state index contributed by atoms with van der Waals surface area (Å²) >= 11 is 0. The predicted molar refractivity (Wildman–Crippen MR) is 115 cm³/mol. The van der Waals surface area contributed by atoms with Gasteiger partial charge in [0.05, 0.1) is 13.2 Å². The van der Waals surface area contributed by atoms with Crippen LogP contribution in [-0.4, -0.2) is 23.7 Å². The van der Waals surface area contributed by atoms with Crippen LogP contribution in [0, 0.1) is 0 Å². The van der Waals surface area contributed by atoms with Crippen molar-refractivity contribution >= 4 is 17.7 Å². The van der Waals surface area contributed by atoms with Crippen molar-refractivity contribution in [1.82, 2.24) is 9.88 Å². The number of carbonyl (C=O) groups is 2. The first kappa shape index (κ1) is 30.6. The van der Waals surface area contributed by atoms with Gasteiger partial charge in [-0.3, -0.25) is 4.79 Å². The van der Waals surface area contributed by atoms with E-state index in [9.17, 15) is 24.6 Å². The summed E-state index contributed by atoms with van der Waals surface area (Å²) in [5.74, 6) is -0.403. The van der Waals surface area contributed by atoms with E-state index in [1.54, 1.807) is 55.6 Å². The van der Waals surface area contributed by atoms with Gasteiger partial charge in [0.1, 0.15) is 22.9 Å². The van der Waals surface area contributed by atoms with Gasteiger partial charge in [-0.05, 0) is 29.8 Å². The number of pyridine rings is 1. The fourth-order valence-electron chi connectivity index (χ4n) is 3.02. The molecule has 1 heterocycles. The number of hydrogen-bond acceptors (Lipinski definition) is 7. The summed E-state index contributed by atoms with van der Waals surface area (Å²) < 4.78 is 12.0. The SMILES string of the molecule is COc1cccc(Oc2ccc([C@H](CC(=O)[O-])NC(=O)Nc3c([O-])ccn(C)c3=O)cc2)c1.[Na+].[Na+]. The van der Waals surface area contributed by atoms with E-state index in [0.29, 0.717) is 22.8 Å². The number of benzene rings is 2. The van der Waals surface area contributed by atoms with E-state index in [-0.39, 0.29) is 59.1 Å².